The highest BCUT2D eigenvalue weighted by Gasteiger charge is 2.24. The van der Waals surface area contributed by atoms with Gasteiger partial charge in [-0.3, -0.25) is 4.79 Å². The molecule has 2 unspecified atom stereocenters. The van der Waals surface area contributed by atoms with Crippen LogP contribution in [-0.2, 0) is 9.22 Å². The molecule has 14 heavy (non-hydrogen) atoms. The zero-order valence-corrected chi connectivity index (χ0v) is 10.2. The molecule has 0 bridgehead atoms. The van der Waals surface area contributed by atoms with Crippen LogP contribution in [0, 0.1) is 18.3 Å². The van der Waals surface area contributed by atoms with E-state index in [1.165, 1.54) is 0 Å². The first-order valence-corrected chi connectivity index (χ1v) is 8.04. The van der Waals surface area contributed by atoms with Crippen molar-refractivity contribution in [2.24, 2.45) is 5.92 Å². The molecule has 0 aliphatic rings. The first kappa shape index (κ1) is 13.2. The summed E-state index contributed by atoms with van der Waals surface area (Å²) in [6.07, 6.45) is 4.41. The van der Waals surface area contributed by atoms with E-state index < -0.39 is 14.4 Å². The fraction of sp³-hybridized carbons (Fsp3) is 0.700. The number of terminal acetylenes is 1. The fourth-order valence-electron chi connectivity index (χ4n) is 0.902. The fourth-order valence-corrected chi connectivity index (χ4v) is 1.71. The molecule has 0 aromatic heterocycles. The van der Waals surface area contributed by atoms with Crippen LogP contribution in [0.25, 0.3) is 0 Å². The molecule has 4 heteroatoms. The Morgan fingerprint density at radius 1 is 1.57 bits per heavy atom. The third-order valence-electron chi connectivity index (χ3n) is 1.58. The SMILES string of the molecule is C#CC(O)CC(C)C(=O)O[Si](C)(C)C. The zero-order chi connectivity index (χ0) is 11.4. The topological polar surface area (TPSA) is 46.5 Å². The van der Waals surface area contributed by atoms with E-state index in [0.717, 1.165) is 0 Å². The Morgan fingerprint density at radius 2 is 2.07 bits per heavy atom. The summed E-state index contributed by atoms with van der Waals surface area (Å²) in [6, 6.07) is 0. The number of aliphatic hydroxyl groups is 1. The van der Waals surface area contributed by atoms with Crippen LogP contribution in [0.3, 0.4) is 0 Å². The maximum absolute atomic E-state index is 11.4. The van der Waals surface area contributed by atoms with E-state index in [1.807, 2.05) is 19.6 Å². The minimum Gasteiger partial charge on any atom is -0.520 e. The summed E-state index contributed by atoms with van der Waals surface area (Å²) in [6.45, 7) is 7.53. The van der Waals surface area contributed by atoms with Crippen LogP contribution in [0.2, 0.25) is 19.6 Å². The van der Waals surface area contributed by atoms with E-state index in [0.29, 0.717) is 0 Å². The molecule has 0 spiro atoms. The summed E-state index contributed by atoms with van der Waals surface area (Å²) in [5.41, 5.74) is 0. The Hall–Kier alpha value is -0.793. The van der Waals surface area contributed by atoms with Crippen molar-refractivity contribution in [2.45, 2.75) is 39.1 Å². The lowest BCUT2D eigenvalue weighted by atomic mass is 10.0. The number of carbonyl (C=O) groups excluding carboxylic acids is 1. The maximum Gasteiger partial charge on any atom is 0.295 e. The van der Waals surface area contributed by atoms with Gasteiger partial charge in [0, 0.05) is 0 Å². The number of hydrogen-bond donors (Lipinski definition) is 1. The van der Waals surface area contributed by atoms with E-state index in [9.17, 15) is 4.79 Å². The van der Waals surface area contributed by atoms with Crippen molar-refractivity contribution in [3.8, 4) is 12.3 Å². The van der Waals surface area contributed by atoms with Crippen LogP contribution >= 0.6 is 0 Å². The van der Waals surface area contributed by atoms with E-state index >= 15 is 0 Å². The lowest BCUT2D eigenvalue weighted by molar-refractivity contribution is -0.139. The Morgan fingerprint density at radius 3 is 2.43 bits per heavy atom. The molecule has 0 saturated heterocycles. The second-order valence-corrected chi connectivity index (χ2v) is 8.78. The van der Waals surface area contributed by atoms with Gasteiger partial charge in [0.2, 0.25) is 8.32 Å². The van der Waals surface area contributed by atoms with Crippen LogP contribution in [0.4, 0.5) is 0 Å². The predicted octanol–water partition coefficient (Wildman–Crippen LogP) is 1.38. The normalized spacial score (nSPS) is 15.4. The van der Waals surface area contributed by atoms with Gasteiger partial charge in [0.05, 0.1) is 5.92 Å². The van der Waals surface area contributed by atoms with Gasteiger partial charge in [0.1, 0.15) is 6.10 Å². The van der Waals surface area contributed by atoms with Gasteiger partial charge < -0.3 is 9.53 Å². The molecule has 1 N–H and O–H groups in total. The van der Waals surface area contributed by atoms with Gasteiger partial charge in [0.15, 0.2) is 0 Å². The Kier molecular flexibility index (Phi) is 4.88. The smallest absolute Gasteiger partial charge is 0.295 e. The van der Waals surface area contributed by atoms with Gasteiger partial charge >= 0.3 is 0 Å². The Balaban J connectivity index is 4.08. The molecular formula is C10H18O3Si. The van der Waals surface area contributed by atoms with Crippen LogP contribution in [0.5, 0.6) is 0 Å². The zero-order valence-electron chi connectivity index (χ0n) is 9.20. The molecule has 0 aliphatic carbocycles. The molecule has 0 fully saturated rings. The molecule has 0 heterocycles. The molecule has 0 radical (unpaired) electrons. The highest BCUT2D eigenvalue weighted by atomic mass is 28.4. The monoisotopic (exact) mass is 214 g/mol. The molecule has 0 aromatic carbocycles. The first-order chi connectivity index (χ1) is 6.26. The third kappa shape index (κ3) is 5.78. The molecule has 0 amide bonds. The first-order valence-electron chi connectivity index (χ1n) is 4.63. The number of rotatable bonds is 4. The molecule has 3 nitrogen and oxygen atoms in total. The minimum absolute atomic E-state index is 0.264. The molecule has 80 valence electrons. The third-order valence-corrected chi connectivity index (χ3v) is 2.39. The highest BCUT2D eigenvalue weighted by Crippen LogP contribution is 2.12. The number of aliphatic hydroxyl groups excluding tert-OH is 1. The predicted molar refractivity (Wildman–Crippen MR) is 58.1 cm³/mol. The molecular weight excluding hydrogens is 196 g/mol. The highest BCUT2D eigenvalue weighted by molar-refractivity contribution is 6.71. The Bertz CT molecular complexity index is 237. The van der Waals surface area contributed by atoms with Crippen LogP contribution in [0.1, 0.15) is 13.3 Å². The van der Waals surface area contributed by atoms with Gasteiger partial charge in [-0.1, -0.05) is 12.8 Å². The second kappa shape index (κ2) is 5.18. The van der Waals surface area contributed by atoms with E-state index in [4.69, 9.17) is 16.0 Å². The van der Waals surface area contributed by atoms with Crippen LogP contribution in [0.15, 0.2) is 0 Å². The van der Waals surface area contributed by atoms with Crippen molar-refractivity contribution in [3.63, 3.8) is 0 Å². The number of carbonyl (C=O) groups is 1. The van der Waals surface area contributed by atoms with Gasteiger partial charge in [-0.15, -0.1) is 6.42 Å². The van der Waals surface area contributed by atoms with Crippen molar-refractivity contribution in [1.82, 2.24) is 0 Å². The lowest BCUT2D eigenvalue weighted by Crippen LogP contribution is -2.33. The molecule has 0 aliphatic heterocycles. The quantitative estimate of drug-likeness (QED) is 0.568. The van der Waals surface area contributed by atoms with Gasteiger partial charge in [0.25, 0.3) is 5.97 Å². The number of hydrogen-bond acceptors (Lipinski definition) is 3. The van der Waals surface area contributed by atoms with Crippen LogP contribution in [-0.4, -0.2) is 25.5 Å². The van der Waals surface area contributed by atoms with Crippen molar-refractivity contribution < 1.29 is 14.3 Å². The lowest BCUT2D eigenvalue weighted by Gasteiger charge is -2.21. The van der Waals surface area contributed by atoms with E-state index in [1.54, 1.807) is 6.92 Å². The van der Waals surface area contributed by atoms with Gasteiger partial charge in [-0.25, -0.2) is 0 Å². The van der Waals surface area contributed by atoms with E-state index in [-0.39, 0.29) is 18.3 Å². The average Bonchev–Trinajstić information content (AvgIpc) is 2.00. The van der Waals surface area contributed by atoms with Crippen LogP contribution < -0.4 is 0 Å². The van der Waals surface area contributed by atoms with Crippen molar-refractivity contribution >= 4 is 14.3 Å². The molecule has 2 atom stereocenters. The maximum atomic E-state index is 11.4. The van der Waals surface area contributed by atoms with Gasteiger partial charge in [-0.05, 0) is 26.1 Å². The Labute approximate surface area is 86.6 Å². The van der Waals surface area contributed by atoms with Crippen molar-refractivity contribution in [2.75, 3.05) is 0 Å². The molecule has 0 rings (SSSR count). The second-order valence-electron chi connectivity index (χ2n) is 4.35. The summed E-state index contributed by atoms with van der Waals surface area (Å²) in [5.74, 6) is 1.57. The van der Waals surface area contributed by atoms with Crippen molar-refractivity contribution in [1.29, 1.82) is 0 Å². The summed E-state index contributed by atoms with van der Waals surface area (Å²) in [5, 5.41) is 9.14. The summed E-state index contributed by atoms with van der Waals surface area (Å²) < 4.78 is 5.27. The van der Waals surface area contributed by atoms with Gasteiger partial charge in [-0.2, -0.15) is 0 Å². The standard InChI is InChI=1S/C10H18O3Si/c1-6-9(11)7-8(2)10(12)13-14(3,4)5/h1,8-9,11H,7H2,2-5H3. The average molecular weight is 214 g/mol. The summed E-state index contributed by atoms with van der Waals surface area (Å²) >= 11 is 0. The van der Waals surface area contributed by atoms with E-state index in [2.05, 4.69) is 5.92 Å². The molecule has 0 aromatic rings. The minimum atomic E-state index is -1.83. The summed E-state index contributed by atoms with van der Waals surface area (Å²) in [4.78, 5) is 11.4. The molecule has 0 saturated carbocycles. The summed E-state index contributed by atoms with van der Waals surface area (Å²) in [7, 11) is -1.83. The largest absolute Gasteiger partial charge is 0.520 e. The van der Waals surface area contributed by atoms with Crippen molar-refractivity contribution in [3.05, 3.63) is 0 Å².